The molecule has 3 N–H and O–H groups in total. The van der Waals surface area contributed by atoms with Gasteiger partial charge in [0.1, 0.15) is 5.66 Å². The van der Waals surface area contributed by atoms with Crippen molar-refractivity contribution in [2.45, 2.75) is 38.4 Å². The fraction of sp³-hybridized carbons (Fsp3) is 0.231. The highest BCUT2D eigenvalue weighted by molar-refractivity contribution is 6.30. The van der Waals surface area contributed by atoms with Gasteiger partial charge < -0.3 is 20.6 Å². The smallest absolute Gasteiger partial charge is 0.307 e. The minimum absolute atomic E-state index is 0.0533. The molecule has 4 rings (SSSR count). The maximum absolute atomic E-state index is 13.5. The molecule has 1 aliphatic heterocycles. The second-order valence-electron chi connectivity index (χ2n) is 8.27. The molecular weight excluding hydrogens is 438 g/mol. The second-order valence-corrected chi connectivity index (χ2v) is 8.70. The minimum Gasteiger partial charge on any atom is -0.481 e. The third kappa shape index (κ3) is 5.12. The summed E-state index contributed by atoms with van der Waals surface area (Å²) in [7, 11) is 0. The number of anilines is 3. The molecule has 1 unspecified atom stereocenters. The van der Waals surface area contributed by atoms with Crippen LogP contribution in [0.25, 0.3) is 0 Å². The molecule has 33 heavy (non-hydrogen) atoms. The Hall–Kier alpha value is -3.51. The van der Waals surface area contributed by atoms with Crippen LogP contribution in [0.15, 0.2) is 72.8 Å². The zero-order chi connectivity index (χ0) is 23.4. The summed E-state index contributed by atoms with van der Waals surface area (Å²) in [6, 6.07) is 22.3. The van der Waals surface area contributed by atoms with Gasteiger partial charge >= 0.3 is 5.97 Å². The third-order valence-electron chi connectivity index (χ3n) is 5.71. The van der Waals surface area contributed by atoms with Crippen molar-refractivity contribution >= 4 is 40.5 Å². The van der Waals surface area contributed by atoms with E-state index in [0.29, 0.717) is 23.6 Å². The van der Waals surface area contributed by atoms with Crippen LogP contribution in [0.2, 0.25) is 5.02 Å². The summed E-state index contributed by atoms with van der Waals surface area (Å²) in [6.07, 6.45) is 1.42. The first-order valence-corrected chi connectivity index (χ1v) is 11.3. The largest absolute Gasteiger partial charge is 0.481 e. The number of aliphatic carboxylic acids is 1. The highest BCUT2D eigenvalue weighted by Crippen LogP contribution is 2.40. The van der Waals surface area contributed by atoms with E-state index >= 15 is 0 Å². The fourth-order valence-corrected chi connectivity index (χ4v) is 4.37. The van der Waals surface area contributed by atoms with E-state index in [1.54, 1.807) is 29.2 Å². The highest BCUT2D eigenvalue weighted by Gasteiger charge is 2.38. The normalized spacial score (nSPS) is 16.4. The Balaban J connectivity index is 1.68. The van der Waals surface area contributed by atoms with E-state index in [0.717, 1.165) is 29.0 Å². The maximum atomic E-state index is 13.5. The maximum Gasteiger partial charge on any atom is 0.307 e. The van der Waals surface area contributed by atoms with Crippen LogP contribution in [-0.4, -0.2) is 22.6 Å². The van der Waals surface area contributed by atoms with Gasteiger partial charge in [0, 0.05) is 16.3 Å². The Bertz CT molecular complexity index is 1150. The van der Waals surface area contributed by atoms with Gasteiger partial charge in [-0.2, -0.15) is 0 Å². The molecule has 0 radical (unpaired) electrons. The van der Waals surface area contributed by atoms with E-state index in [1.807, 2.05) is 55.5 Å². The predicted octanol–water partition coefficient (Wildman–Crippen LogP) is 6.00. The van der Waals surface area contributed by atoms with E-state index in [2.05, 4.69) is 10.6 Å². The molecule has 0 fully saturated rings. The number of amides is 1. The average Bonchev–Trinajstić information content (AvgIpc) is 3.14. The lowest BCUT2D eigenvalue weighted by Crippen LogP contribution is -2.43. The van der Waals surface area contributed by atoms with E-state index in [1.165, 1.54) is 0 Å². The molecule has 0 spiro atoms. The number of rotatable bonds is 8. The van der Waals surface area contributed by atoms with Crippen LogP contribution in [0.5, 0.6) is 0 Å². The van der Waals surface area contributed by atoms with Crippen molar-refractivity contribution in [3.63, 3.8) is 0 Å². The lowest BCUT2D eigenvalue weighted by Gasteiger charge is -2.29. The lowest BCUT2D eigenvalue weighted by molar-refractivity contribution is -0.138. The first kappa shape index (κ1) is 22.7. The molecule has 0 saturated carbocycles. The fourth-order valence-electron chi connectivity index (χ4n) is 4.24. The standard InChI is InChI=1S/C26H26ClN3O3/c1-2-14-26(16-24(31)32)28-22-13-12-21(15-23(22)29-26)30(17-18-6-4-3-5-7-18)25(33)19-8-10-20(27)11-9-19/h3-13,15,28-29H,2,14,16-17H2,1H3,(H,31,32). The van der Waals surface area contributed by atoms with Gasteiger partial charge in [-0.25, -0.2) is 0 Å². The molecule has 0 saturated heterocycles. The van der Waals surface area contributed by atoms with E-state index in [9.17, 15) is 14.7 Å². The number of benzene rings is 3. The molecule has 7 heteroatoms. The van der Waals surface area contributed by atoms with Crippen LogP contribution in [0.1, 0.15) is 42.1 Å². The number of hydrogen-bond acceptors (Lipinski definition) is 4. The summed E-state index contributed by atoms with van der Waals surface area (Å²) in [6.45, 7) is 2.41. The molecular formula is C26H26ClN3O3. The Morgan fingerprint density at radius 3 is 2.33 bits per heavy atom. The molecule has 170 valence electrons. The van der Waals surface area contributed by atoms with Crippen molar-refractivity contribution < 1.29 is 14.7 Å². The summed E-state index contributed by atoms with van der Waals surface area (Å²) < 4.78 is 0. The van der Waals surface area contributed by atoms with E-state index in [4.69, 9.17) is 11.6 Å². The molecule has 0 aliphatic carbocycles. The quantitative estimate of drug-likeness (QED) is 0.382. The van der Waals surface area contributed by atoms with Crippen LogP contribution >= 0.6 is 11.6 Å². The van der Waals surface area contributed by atoms with Crippen LogP contribution in [0.4, 0.5) is 17.1 Å². The molecule has 1 heterocycles. The zero-order valence-corrected chi connectivity index (χ0v) is 19.1. The van der Waals surface area contributed by atoms with E-state index < -0.39 is 11.6 Å². The Morgan fingerprint density at radius 1 is 0.970 bits per heavy atom. The number of nitrogens with zero attached hydrogens (tertiary/aromatic N) is 1. The van der Waals surface area contributed by atoms with Gasteiger partial charge in [-0.1, -0.05) is 55.3 Å². The number of carboxylic acids is 1. The van der Waals surface area contributed by atoms with Gasteiger partial charge in [-0.05, 0) is 54.4 Å². The van der Waals surface area contributed by atoms with Gasteiger partial charge in [-0.15, -0.1) is 0 Å². The number of fused-ring (bicyclic) bond motifs is 1. The molecule has 1 atom stereocenters. The molecule has 3 aromatic carbocycles. The topological polar surface area (TPSA) is 81.7 Å². The SMILES string of the molecule is CCCC1(CC(=O)O)Nc2ccc(N(Cc3ccccc3)C(=O)c3ccc(Cl)cc3)cc2N1. The summed E-state index contributed by atoms with van der Waals surface area (Å²) in [4.78, 5) is 26.7. The molecule has 0 aromatic heterocycles. The van der Waals surface area contributed by atoms with Gasteiger partial charge in [0.05, 0.1) is 24.3 Å². The highest BCUT2D eigenvalue weighted by atomic mass is 35.5. The summed E-state index contributed by atoms with van der Waals surface area (Å²) in [5.74, 6) is -1.02. The number of halogens is 1. The van der Waals surface area contributed by atoms with Crippen molar-refractivity contribution in [3.05, 3.63) is 88.9 Å². The summed E-state index contributed by atoms with van der Waals surface area (Å²) in [5.41, 5.74) is 3.11. The van der Waals surface area contributed by atoms with Crippen molar-refractivity contribution in [3.8, 4) is 0 Å². The molecule has 3 aromatic rings. The molecule has 1 aliphatic rings. The van der Waals surface area contributed by atoms with Crippen molar-refractivity contribution in [2.75, 3.05) is 15.5 Å². The van der Waals surface area contributed by atoms with Gasteiger partial charge in [-0.3, -0.25) is 9.59 Å². The van der Waals surface area contributed by atoms with Crippen LogP contribution in [-0.2, 0) is 11.3 Å². The zero-order valence-electron chi connectivity index (χ0n) is 18.3. The molecule has 1 amide bonds. The minimum atomic E-state index is -0.875. The van der Waals surface area contributed by atoms with Gasteiger partial charge in [0.15, 0.2) is 0 Å². The molecule has 6 nitrogen and oxygen atoms in total. The van der Waals surface area contributed by atoms with Crippen LogP contribution in [0, 0.1) is 0 Å². The van der Waals surface area contributed by atoms with Crippen molar-refractivity contribution in [2.24, 2.45) is 0 Å². The van der Waals surface area contributed by atoms with Crippen molar-refractivity contribution in [1.82, 2.24) is 0 Å². The summed E-state index contributed by atoms with van der Waals surface area (Å²) in [5, 5.41) is 16.7. The van der Waals surface area contributed by atoms with Crippen LogP contribution in [0.3, 0.4) is 0 Å². The Kier molecular flexibility index (Phi) is 6.56. The van der Waals surface area contributed by atoms with E-state index in [-0.39, 0.29) is 12.3 Å². The first-order valence-electron chi connectivity index (χ1n) is 10.9. The van der Waals surface area contributed by atoms with Gasteiger partial charge in [0.25, 0.3) is 5.91 Å². The third-order valence-corrected chi connectivity index (χ3v) is 5.96. The lowest BCUT2D eigenvalue weighted by atomic mass is 10.0. The van der Waals surface area contributed by atoms with Crippen molar-refractivity contribution in [1.29, 1.82) is 0 Å². The second kappa shape index (κ2) is 9.55. The van der Waals surface area contributed by atoms with Gasteiger partial charge in [0.2, 0.25) is 0 Å². The monoisotopic (exact) mass is 463 g/mol. The number of carbonyl (C=O) groups is 2. The Morgan fingerprint density at radius 2 is 1.67 bits per heavy atom. The number of hydrogen-bond donors (Lipinski definition) is 3. The number of carboxylic acid groups (broad SMARTS) is 1. The number of carbonyl (C=O) groups excluding carboxylic acids is 1. The molecule has 0 bridgehead atoms. The summed E-state index contributed by atoms with van der Waals surface area (Å²) >= 11 is 6.01. The average molecular weight is 464 g/mol. The predicted molar refractivity (Wildman–Crippen MR) is 132 cm³/mol. The number of nitrogens with one attached hydrogen (secondary N) is 2. The first-order chi connectivity index (χ1) is 15.9. The Labute approximate surface area is 198 Å². The van der Waals surface area contributed by atoms with Crippen LogP contribution < -0.4 is 15.5 Å².